The number of aromatic nitrogens is 1. The van der Waals surface area contributed by atoms with E-state index in [2.05, 4.69) is 48.3 Å². The predicted octanol–water partition coefficient (Wildman–Crippen LogP) is 2.50. The summed E-state index contributed by atoms with van der Waals surface area (Å²) in [5.74, 6) is -0.300. The van der Waals surface area contributed by atoms with E-state index < -0.39 is 4.92 Å². The van der Waals surface area contributed by atoms with Crippen LogP contribution in [0.3, 0.4) is 0 Å². The summed E-state index contributed by atoms with van der Waals surface area (Å²) in [7, 11) is 1.63. The Morgan fingerprint density at radius 1 is 1.31 bits per heavy atom. The van der Waals surface area contributed by atoms with E-state index in [4.69, 9.17) is 0 Å². The zero-order valence-electron chi connectivity index (χ0n) is 15.4. The third kappa shape index (κ3) is 3.62. The van der Waals surface area contributed by atoms with Gasteiger partial charge in [0.25, 0.3) is 11.6 Å². The van der Waals surface area contributed by atoms with Gasteiger partial charge >= 0.3 is 0 Å². The Bertz CT molecular complexity index is 841. The van der Waals surface area contributed by atoms with E-state index in [-0.39, 0.29) is 22.8 Å². The minimum atomic E-state index is -0.494. The number of nitro groups is 1. The van der Waals surface area contributed by atoms with Gasteiger partial charge in [-0.1, -0.05) is 24.3 Å². The second-order valence-corrected chi connectivity index (χ2v) is 7.39. The SMILES string of the molecule is Cn1cc([N+](=O)[O-])cc1C(=O)NCC(C)(C)N1CCc2ccccc2C1. The number of hydrogen-bond donors (Lipinski definition) is 1. The zero-order chi connectivity index (χ0) is 18.9. The van der Waals surface area contributed by atoms with Crippen molar-refractivity contribution in [3.8, 4) is 0 Å². The number of carbonyl (C=O) groups is 1. The molecule has 0 saturated heterocycles. The van der Waals surface area contributed by atoms with Gasteiger partial charge in [0.05, 0.1) is 11.1 Å². The number of fused-ring (bicyclic) bond motifs is 1. The van der Waals surface area contributed by atoms with Crippen LogP contribution in [0, 0.1) is 10.1 Å². The molecule has 3 rings (SSSR count). The van der Waals surface area contributed by atoms with E-state index in [1.807, 2.05) is 0 Å². The van der Waals surface area contributed by atoms with Crippen LogP contribution in [-0.4, -0.2) is 38.9 Å². The molecular weight excluding hydrogens is 332 g/mol. The van der Waals surface area contributed by atoms with Gasteiger partial charge in [0.1, 0.15) is 5.69 Å². The summed E-state index contributed by atoms with van der Waals surface area (Å²) in [6.45, 7) is 6.47. The summed E-state index contributed by atoms with van der Waals surface area (Å²) in [6, 6.07) is 9.75. The molecule has 0 atom stereocenters. The molecule has 7 heteroatoms. The van der Waals surface area contributed by atoms with Gasteiger partial charge in [0, 0.05) is 38.3 Å². The normalized spacial score (nSPS) is 14.7. The number of nitrogens with zero attached hydrogens (tertiary/aromatic N) is 3. The molecule has 7 nitrogen and oxygen atoms in total. The van der Waals surface area contributed by atoms with Crippen molar-refractivity contribution in [3.05, 3.63) is 63.5 Å². The van der Waals surface area contributed by atoms with Gasteiger partial charge in [0.15, 0.2) is 0 Å². The molecule has 0 saturated carbocycles. The summed E-state index contributed by atoms with van der Waals surface area (Å²) >= 11 is 0. The van der Waals surface area contributed by atoms with E-state index in [9.17, 15) is 14.9 Å². The molecule has 1 aromatic carbocycles. The average molecular weight is 356 g/mol. The topological polar surface area (TPSA) is 80.4 Å². The number of aryl methyl sites for hydroxylation is 1. The number of rotatable bonds is 5. The summed E-state index contributed by atoms with van der Waals surface area (Å²) in [4.78, 5) is 25.2. The summed E-state index contributed by atoms with van der Waals surface area (Å²) in [5, 5.41) is 13.8. The van der Waals surface area contributed by atoms with E-state index in [1.54, 1.807) is 7.05 Å². The third-order valence-electron chi connectivity index (χ3n) is 5.10. The fraction of sp³-hybridized carbons (Fsp3) is 0.421. The van der Waals surface area contributed by atoms with Crippen LogP contribution in [0.5, 0.6) is 0 Å². The van der Waals surface area contributed by atoms with E-state index >= 15 is 0 Å². The van der Waals surface area contributed by atoms with Crippen LogP contribution < -0.4 is 5.32 Å². The van der Waals surface area contributed by atoms with Gasteiger partial charge in [-0.15, -0.1) is 0 Å². The molecule has 1 aromatic heterocycles. The highest BCUT2D eigenvalue weighted by Gasteiger charge is 2.30. The van der Waals surface area contributed by atoms with Gasteiger partial charge in [-0.05, 0) is 31.4 Å². The van der Waals surface area contributed by atoms with Gasteiger partial charge in [-0.25, -0.2) is 0 Å². The van der Waals surface area contributed by atoms with Crippen LogP contribution in [0.4, 0.5) is 5.69 Å². The molecule has 0 bridgehead atoms. The van der Waals surface area contributed by atoms with Crippen LogP contribution in [0.1, 0.15) is 35.5 Å². The fourth-order valence-electron chi connectivity index (χ4n) is 3.38. The highest BCUT2D eigenvalue weighted by atomic mass is 16.6. The Morgan fingerprint density at radius 3 is 2.65 bits per heavy atom. The summed E-state index contributed by atoms with van der Waals surface area (Å²) in [5.41, 5.74) is 2.71. The molecule has 138 valence electrons. The average Bonchev–Trinajstić information content (AvgIpc) is 3.01. The molecule has 0 spiro atoms. The Labute approximate surface area is 152 Å². The first-order chi connectivity index (χ1) is 12.3. The van der Waals surface area contributed by atoms with Crippen LogP contribution in [0.15, 0.2) is 36.5 Å². The first-order valence-electron chi connectivity index (χ1n) is 8.69. The molecule has 1 amide bonds. The predicted molar refractivity (Wildman–Crippen MR) is 99.0 cm³/mol. The minimum absolute atomic E-state index is 0.0791. The number of benzene rings is 1. The van der Waals surface area contributed by atoms with Crippen molar-refractivity contribution in [1.29, 1.82) is 0 Å². The lowest BCUT2D eigenvalue weighted by atomic mass is 9.94. The van der Waals surface area contributed by atoms with Gasteiger partial charge in [0.2, 0.25) is 0 Å². The Balaban J connectivity index is 1.65. The number of hydrogen-bond acceptors (Lipinski definition) is 4. The van der Waals surface area contributed by atoms with E-state index in [0.717, 1.165) is 19.5 Å². The Kier molecular flexibility index (Phi) is 4.82. The number of carbonyl (C=O) groups excluding carboxylic acids is 1. The lowest BCUT2D eigenvalue weighted by Crippen LogP contribution is -2.53. The lowest BCUT2D eigenvalue weighted by molar-refractivity contribution is -0.384. The van der Waals surface area contributed by atoms with Crippen molar-refractivity contribution < 1.29 is 9.72 Å². The summed E-state index contributed by atoms with van der Waals surface area (Å²) < 4.78 is 1.48. The molecule has 0 unspecified atom stereocenters. The molecular formula is C19H24N4O3. The molecule has 2 heterocycles. The molecule has 0 aliphatic carbocycles. The molecule has 26 heavy (non-hydrogen) atoms. The Morgan fingerprint density at radius 2 is 2.00 bits per heavy atom. The largest absolute Gasteiger partial charge is 0.349 e. The van der Waals surface area contributed by atoms with Gasteiger partial charge in [-0.2, -0.15) is 0 Å². The van der Waals surface area contributed by atoms with Crippen molar-refractivity contribution in [2.24, 2.45) is 7.05 Å². The number of nitrogens with one attached hydrogen (secondary N) is 1. The van der Waals surface area contributed by atoms with E-state index in [1.165, 1.54) is 28.0 Å². The van der Waals surface area contributed by atoms with Crippen LogP contribution >= 0.6 is 0 Å². The lowest BCUT2D eigenvalue weighted by Gasteiger charge is -2.41. The standard InChI is InChI=1S/C19H24N4O3/c1-19(2,22-9-8-14-6-4-5-7-15(14)11-22)13-20-18(24)17-10-16(23(25)26)12-21(17)3/h4-7,10,12H,8-9,11,13H2,1-3H3,(H,20,24). The highest BCUT2D eigenvalue weighted by molar-refractivity contribution is 5.93. The molecule has 2 aromatic rings. The molecule has 0 fully saturated rings. The minimum Gasteiger partial charge on any atom is -0.349 e. The van der Waals surface area contributed by atoms with Crippen LogP contribution in [0.2, 0.25) is 0 Å². The highest BCUT2D eigenvalue weighted by Crippen LogP contribution is 2.25. The molecule has 1 N–H and O–H groups in total. The second kappa shape index (κ2) is 6.92. The van der Waals surface area contributed by atoms with Crippen molar-refractivity contribution >= 4 is 11.6 Å². The van der Waals surface area contributed by atoms with Crippen LogP contribution in [0.25, 0.3) is 0 Å². The monoisotopic (exact) mass is 356 g/mol. The maximum atomic E-state index is 12.5. The quantitative estimate of drug-likeness (QED) is 0.659. The molecule has 0 radical (unpaired) electrons. The molecule has 1 aliphatic rings. The maximum Gasteiger partial charge on any atom is 0.287 e. The number of amides is 1. The maximum absolute atomic E-state index is 12.5. The Hall–Kier alpha value is -2.67. The van der Waals surface area contributed by atoms with E-state index in [0.29, 0.717) is 6.54 Å². The van der Waals surface area contributed by atoms with Crippen molar-refractivity contribution in [1.82, 2.24) is 14.8 Å². The summed E-state index contributed by atoms with van der Waals surface area (Å²) in [6.07, 6.45) is 2.35. The van der Waals surface area contributed by atoms with Crippen molar-refractivity contribution in [3.63, 3.8) is 0 Å². The third-order valence-corrected chi connectivity index (χ3v) is 5.10. The van der Waals surface area contributed by atoms with Gasteiger partial charge < -0.3 is 9.88 Å². The zero-order valence-corrected chi connectivity index (χ0v) is 15.4. The second-order valence-electron chi connectivity index (χ2n) is 7.39. The van der Waals surface area contributed by atoms with Gasteiger partial charge in [-0.3, -0.25) is 19.8 Å². The molecule has 1 aliphatic heterocycles. The first kappa shape index (κ1) is 18.1. The fourth-order valence-corrected chi connectivity index (χ4v) is 3.38. The van der Waals surface area contributed by atoms with Crippen molar-refractivity contribution in [2.45, 2.75) is 32.4 Å². The van der Waals surface area contributed by atoms with Crippen molar-refractivity contribution in [2.75, 3.05) is 13.1 Å². The first-order valence-corrected chi connectivity index (χ1v) is 8.69. The van der Waals surface area contributed by atoms with Crippen LogP contribution in [-0.2, 0) is 20.0 Å². The smallest absolute Gasteiger partial charge is 0.287 e.